The number of piperidine rings is 1. The molecule has 1 aliphatic heterocycles. The molecule has 0 radical (unpaired) electrons. The maximum Gasteiger partial charge on any atom is 0.0217 e. The number of nitrogens with one attached hydrogen (secondary N) is 1. The lowest BCUT2D eigenvalue weighted by Gasteiger charge is -2.32. The smallest absolute Gasteiger partial charge is 0.0217 e. The van der Waals surface area contributed by atoms with Crippen molar-refractivity contribution >= 4 is 0 Å². The van der Waals surface area contributed by atoms with Crippen LogP contribution in [0.2, 0.25) is 0 Å². The summed E-state index contributed by atoms with van der Waals surface area (Å²) in [7, 11) is 2.25. The molecular weight excluding hydrogens is 148 g/mol. The normalized spacial score (nSPS) is 26.0. The zero-order valence-electron chi connectivity index (χ0n) is 8.47. The molecule has 1 heterocycles. The number of hydrogen-bond donors (Lipinski definition) is 1. The summed E-state index contributed by atoms with van der Waals surface area (Å²) in [6.07, 6.45) is 5.44. The van der Waals surface area contributed by atoms with Gasteiger partial charge in [0.1, 0.15) is 0 Å². The van der Waals surface area contributed by atoms with Crippen molar-refractivity contribution in [1.82, 2.24) is 10.2 Å². The second-order valence-corrected chi connectivity index (χ2v) is 3.83. The van der Waals surface area contributed by atoms with Crippen molar-refractivity contribution in [3.63, 3.8) is 0 Å². The van der Waals surface area contributed by atoms with E-state index < -0.39 is 0 Å². The first-order valence-electron chi connectivity index (χ1n) is 5.25. The summed E-state index contributed by atoms with van der Waals surface area (Å²) in [5.41, 5.74) is 0. The van der Waals surface area contributed by atoms with Crippen LogP contribution in [0.25, 0.3) is 0 Å². The second-order valence-electron chi connectivity index (χ2n) is 3.83. The highest BCUT2D eigenvalue weighted by Gasteiger charge is 2.17. The van der Waals surface area contributed by atoms with Gasteiger partial charge in [0.25, 0.3) is 0 Å². The van der Waals surface area contributed by atoms with E-state index in [1.165, 1.54) is 45.3 Å². The van der Waals surface area contributed by atoms with Gasteiger partial charge < -0.3 is 10.2 Å². The molecule has 2 heteroatoms. The third-order valence-corrected chi connectivity index (χ3v) is 2.73. The summed E-state index contributed by atoms with van der Waals surface area (Å²) in [6.45, 7) is 5.87. The molecule has 1 aliphatic rings. The predicted molar refractivity (Wildman–Crippen MR) is 53.4 cm³/mol. The minimum absolute atomic E-state index is 0.797. The summed E-state index contributed by atoms with van der Waals surface area (Å²) in [5, 5.41) is 3.49. The molecule has 12 heavy (non-hydrogen) atoms. The van der Waals surface area contributed by atoms with Gasteiger partial charge in [-0.25, -0.2) is 0 Å². The molecule has 1 rings (SSSR count). The van der Waals surface area contributed by atoms with E-state index in [1.807, 2.05) is 0 Å². The fourth-order valence-electron chi connectivity index (χ4n) is 1.85. The Labute approximate surface area is 76.3 Å². The number of likely N-dealkylation sites (tertiary alicyclic amines) is 1. The molecule has 0 bridgehead atoms. The van der Waals surface area contributed by atoms with Crippen LogP contribution < -0.4 is 5.32 Å². The van der Waals surface area contributed by atoms with Crippen LogP contribution in [0.3, 0.4) is 0 Å². The predicted octanol–water partition coefficient (Wildman–Crippen LogP) is 1.47. The minimum atomic E-state index is 0.797. The Bertz CT molecular complexity index is 114. The number of hydrogen-bond acceptors (Lipinski definition) is 2. The van der Waals surface area contributed by atoms with Gasteiger partial charge in [-0.3, -0.25) is 0 Å². The number of likely N-dealkylation sites (N-methyl/N-ethyl adjacent to an activating group) is 1. The fourth-order valence-corrected chi connectivity index (χ4v) is 1.85. The maximum atomic E-state index is 3.49. The van der Waals surface area contributed by atoms with Gasteiger partial charge in [-0.1, -0.05) is 13.3 Å². The lowest BCUT2D eigenvalue weighted by atomic mass is 10.0. The van der Waals surface area contributed by atoms with Gasteiger partial charge in [-0.15, -0.1) is 0 Å². The van der Waals surface area contributed by atoms with Crippen molar-refractivity contribution in [1.29, 1.82) is 0 Å². The lowest BCUT2D eigenvalue weighted by Crippen LogP contribution is -2.43. The average molecular weight is 170 g/mol. The van der Waals surface area contributed by atoms with E-state index in [-0.39, 0.29) is 0 Å². The monoisotopic (exact) mass is 170 g/mol. The molecule has 2 nitrogen and oxygen atoms in total. The fraction of sp³-hybridized carbons (Fsp3) is 1.00. The SMILES string of the molecule is CCCNC[C@@H]1CCCCN1C. The number of rotatable bonds is 4. The summed E-state index contributed by atoms with van der Waals surface area (Å²) in [5.74, 6) is 0. The molecule has 0 amide bonds. The highest BCUT2D eigenvalue weighted by Crippen LogP contribution is 2.13. The van der Waals surface area contributed by atoms with Crippen LogP contribution in [-0.4, -0.2) is 37.6 Å². The molecule has 1 fully saturated rings. The average Bonchev–Trinajstić information content (AvgIpc) is 2.09. The molecule has 0 spiro atoms. The van der Waals surface area contributed by atoms with E-state index >= 15 is 0 Å². The first kappa shape index (κ1) is 10.0. The molecule has 1 N–H and O–H groups in total. The number of nitrogens with zero attached hydrogens (tertiary/aromatic N) is 1. The van der Waals surface area contributed by atoms with Crippen molar-refractivity contribution in [2.45, 2.75) is 38.6 Å². The van der Waals surface area contributed by atoms with Crippen LogP contribution in [0.15, 0.2) is 0 Å². The van der Waals surface area contributed by atoms with Gasteiger partial charge in [-0.05, 0) is 39.4 Å². The van der Waals surface area contributed by atoms with Crippen LogP contribution in [0.1, 0.15) is 32.6 Å². The summed E-state index contributed by atoms with van der Waals surface area (Å²) < 4.78 is 0. The van der Waals surface area contributed by atoms with Crippen LogP contribution >= 0.6 is 0 Å². The largest absolute Gasteiger partial charge is 0.315 e. The molecule has 1 saturated heterocycles. The summed E-state index contributed by atoms with van der Waals surface area (Å²) in [4.78, 5) is 2.49. The molecule has 0 unspecified atom stereocenters. The molecule has 1 atom stereocenters. The first-order chi connectivity index (χ1) is 5.84. The molecular formula is C10H22N2. The van der Waals surface area contributed by atoms with Crippen LogP contribution in [0.4, 0.5) is 0 Å². The van der Waals surface area contributed by atoms with E-state index in [4.69, 9.17) is 0 Å². The molecule has 0 aromatic rings. The zero-order chi connectivity index (χ0) is 8.81. The molecule has 72 valence electrons. The van der Waals surface area contributed by atoms with Crippen LogP contribution in [0.5, 0.6) is 0 Å². The van der Waals surface area contributed by atoms with E-state index in [2.05, 4.69) is 24.2 Å². The van der Waals surface area contributed by atoms with Gasteiger partial charge in [0, 0.05) is 12.6 Å². The quantitative estimate of drug-likeness (QED) is 0.643. The standard InChI is InChI=1S/C10H22N2/c1-3-7-11-9-10-6-4-5-8-12(10)2/h10-11H,3-9H2,1-2H3/t10-/m0/s1. The van der Waals surface area contributed by atoms with Crippen LogP contribution in [0, 0.1) is 0 Å². The van der Waals surface area contributed by atoms with Crippen LogP contribution in [-0.2, 0) is 0 Å². The Hall–Kier alpha value is -0.0800. The summed E-state index contributed by atoms with van der Waals surface area (Å²) in [6, 6.07) is 0.797. The maximum absolute atomic E-state index is 3.49. The third kappa shape index (κ3) is 3.11. The van der Waals surface area contributed by atoms with Gasteiger partial charge in [0.15, 0.2) is 0 Å². The van der Waals surface area contributed by atoms with Crippen molar-refractivity contribution in [3.8, 4) is 0 Å². The lowest BCUT2D eigenvalue weighted by molar-refractivity contribution is 0.182. The molecule has 0 aromatic heterocycles. The Morgan fingerprint density at radius 1 is 1.42 bits per heavy atom. The van der Waals surface area contributed by atoms with Gasteiger partial charge >= 0.3 is 0 Å². The van der Waals surface area contributed by atoms with Gasteiger partial charge in [0.2, 0.25) is 0 Å². The Balaban J connectivity index is 2.11. The molecule has 0 aromatic carbocycles. The Morgan fingerprint density at radius 2 is 2.25 bits per heavy atom. The first-order valence-corrected chi connectivity index (χ1v) is 5.25. The van der Waals surface area contributed by atoms with E-state index in [9.17, 15) is 0 Å². The third-order valence-electron chi connectivity index (χ3n) is 2.73. The minimum Gasteiger partial charge on any atom is -0.315 e. The molecule has 0 aliphatic carbocycles. The van der Waals surface area contributed by atoms with E-state index in [0.717, 1.165) is 6.04 Å². The highest BCUT2D eigenvalue weighted by atomic mass is 15.2. The van der Waals surface area contributed by atoms with E-state index in [1.54, 1.807) is 0 Å². The van der Waals surface area contributed by atoms with E-state index in [0.29, 0.717) is 0 Å². The highest BCUT2D eigenvalue weighted by molar-refractivity contribution is 4.75. The van der Waals surface area contributed by atoms with Crippen molar-refractivity contribution < 1.29 is 0 Å². The topological polar surface area (TPSA) is 15.3 Å². The Morgan fingerprint density at radius 3 is 2.92 bits per heavy atom. The second kappa shape index (κ2) is 5.55. The molecule has 0 saturated carbocycles. The van der Waals surface area contributed by atoms with Crippen molar-refractivity contribution in [2.75, 3.05) is 26.7 Å². The van der Waals surface area contributed by atoms with Gasteiger partial charge in [-0.2, -0.15) is 0 Å². The van der Waals surface area contributed by atoms with Crippen molar-refractivity contribution in [3.05, 3.63) is 0 Å². The van der Waals surface area contributed by atoms with Crippen molar-refractivity contribution in [2.24, 2.45) is 0 Å². The Kier molecular flexibility index (Phi) is 4.62. The zero-order valence-corrected chi connectivity index (χ0v) is 8.47. The summed E-state index contributed by atoms with van der Waals surface area (Å²) >= 11 is 0. The van der Waals surface area contributed by atoms with Gasteiger partial charge in [0.05, 0.1) is 0 Å².